The van der Waals surface area contributed by atoms with Crippen LogP contribution in [0.2, 0.25) is 0 Å². The Balaban J connectivity index is 2.19. The Bertz CT molecular complexity index is 296. The van der Waals surface area contributed by atoms with E-state index in [-0.39, 0.29) is 12.6 Å². The number of nitrogens with zero attached hydrogens (tertiary/aromatic N) is 1. The molecule has 1 aliphatic heterocycles. The van der Waals surface area contributed by atoms with Gasteiger partial charge in [-0.3, -0.25) is 4.79 Å². The molecule has 18 heavy (non-hydrogen) atoms. The van der Waals surface area contributed by atoms with E-state index < -0.39 is 11.9 Å². The summed E-state index contributed by atoms with van der Waals surface area (Å²) in [6.07, 6.45) is 2.78. The number of carboxylic acid groups (broad SMARTS) is 1. The van der Waals surface area contributed by atoms with Crippen molar-refractivity contribution in [3.8, 4) is 0 Å². The highest BCUT2D eigenvalue weighted by Gasteiger charge is 2.21. The van der Waals surface area contributed by atoms with Crippen LogP contribution in [0.3, 0.4) is 0 Å². The van der Waals surface area contributed by atoms with Crippen molar-refractivity contribution < 1.29 is 14.7 Å². The summed E-state index contributed by atoms with van der Waals surface area (Å²) in [6.45, 7) is 3.67. The summed E-state index contributed by atoms with van der Waals surface area (Å²) in [5.74, 6) is -1.38. The number of carboxylic acids is 1. The first-order valence-corrected chi connectivity index (χ1v) is 6.49. The minimum Gasteiger partial charge on any atom is -0.481 e. The van der Waals surface area contributed by atoms with Gasteiger partial charge in [-0.1, -0.05) is 6.92 Å². The van der Waals surface area contributed by atoms with Gasteiger partial charge in [0, 0.05) is 19.1 Å². The van der Waals surface area contributed by atoms with E-state index in [0.717, 1.165) is 13.0 Å². The van der Waals surface area contributed by atoms with Gasteiger partial charge >= 0.3 is 12.0 Å². The largest absolute Gasteiger partial charge is 0.481 e. The number of rotatable bonds is 6. The quantitative estimate of drug-likeness (QED) is 0.647. The molecule has 1 aliphatic rings. The second-order valence-corrected chi connectivity index (χ2v) is 4.81. The minimum absolute atomic E-state index is 0.179. The van der Waals surface area contributed by atoms with Crippen LogP contribution in [0, 0.1) is 5.92 Å². The fourth-order valence-corrected chi connectivity index (χ4v) is 2.13. The van der Waals surface area contributed by atoms with Gasteiger partial charge < -0.3 is 20.6 Å². The van der Waals surface area contributed by atoms with Crippen LogP contribution in [-0.4, -0.2) is 54.7 Å². The van der Waals surface area contributed by atoms with E-state index in [1.165, 1.54) is 6.42 Å². The molecule has 1 heterocycles. The number of carbonyl (C=O) groups is 2. The maximum atomic E-state index is 11.5. The average molecular weight is 257 g/mol. The highest BCUT2D eigenvalue weighted by atomic mass is 16.4. The molecule has 0 saturated carbocycles. The lowest BCUT2D eigenvalue weighted by Crippen LogP contribution is -2.44. The number of hydrogen-bond donors (Lipinski definition) is 3. The molecule has 1 rings (SSSR count). The minimum atomic E-state index is -0.867. The smallest absolute Gasteiger partial charge is 0.314 e. The van der Waals surface area contributed by atoms with Crippen molar-refractivity contribution in [1.82, 2.24) is 15.5 Å². The van der Waals surface area contributed by atoms with E-state index in [0.29, 0.717) is 19.0 Å². The number of likely N-dealkylation sites (tertiary alicyclic amines) is 1. The monoisotopic (exact) mass is 257 g/mol. The molecule has 0 spiro atoms. The second kappa shape index (κ2) is 7.20. The van der Waals surface area contributed by atoms with Crippen LogP contribution in [0.1, 0.15) is 26.2 Å². The normalized spacial score (nSPS) is 21.6. The van der Waals surface area contributed by atoms with Crippen LogP contribution < -0.4 is 10.6 Å². The third-order valence-corrected chi connectivity index (χ3v) is 3.52. The van der Waals surface area contributed by atoms with Gasteiger partial charge in [0.25, 0.3) is 0 Å². The highest BCUT2D eigenvalue weighted by molar-refractivity contribution is 5.75. The van der Waals surface area contributed by atoms with Crippen LogP contribution in [0.5, 0.6) is 0 Å². The summed E-state index contributed by atoms with van der Waals surface area (Å²) in [4.78, 5) is 24.5. The Kier molecular flexibility index (Phi) is 5.91. The molecule has 3 N–H and O–H groups in total. The molecule has 1 saturated heterocycles. The maximum Gasteiger partial charge on any atom is 0.314 e. The first kappa shape index (κ1) is 14.8. The Hall–Kier alpha value is -1.30. The van der Waals surface area contributed by atoms with Crippen LogP contribution in [-0.2, 0) is 4.79 Å². The number of likely N-dealkylation sites (N-methyl/N-ethyl adjacent to an activating group) is 1. The summed E-state index contributed by atoms with van der Waals surface area (Å²) < 4.78 is 0. The van der Waals surface area contributed by atoms with Crippen molar-refractivity contribution >= 4 is 12.0 Å². The fourth-order valence-electron chi connectivity index (χ4n) is 2.13. The Morgan fingerprint density at radius 3 is 2.67 bits per heavy atom. The summed E-state index contributed by atoms with van der Waals surface area (Å²) in [5.41, 5.74) is 0. The van der Waals surface area contributed by atoms with Gasteiger partial charge in [-0.2, -0.15) is 0 Å². The molecule has 2 unspecified atom stereocenters. The van der Waals surface area contributed by atoms with Gasteiger partial charge in [-0.25, -0.2) is 4.79 Å². The lowest BCUT2D eigenvalue weighted by Gasteiger charge is -2.20. The number of hydrogen-bond acceptors (Lipinski definition) is 3. The zero-order valence-corrected chi connectivity index (χ0v) is 11.1. The third-order valence-electron chi connectivity index (χ3n) is 3.52. The van der Waals surface area contributed by atoms with Gasteiger partial charge in [0.05, 0.1) is 5.92 Å². The Morgan fingerprint density at radius 2 is 2.17 bits per heavy atom. The van der Waals surface area contributed by atoms with Crippen LogP contribution in [0.25, 0.3) is 0 Å². The molecule has 6 heteroatoms. The van der Waals surface area contributed by atoms with Crippen molar-refractivity contribution in [3.63, 3.8) is 0 Å². The lowest BCUT2D eigenvalue weighted by molar-refractivity contribution is -0.141. The molecule has 6 nitrogen and oxygen atoms in total. The van der Waals surface area contributed by atoms with E-state index in [4.69, 9.17) is 5.11 Å². The van der Waals surface area contributed by atoms with Crippen LogP contribution in [0.15, 0.2) is 0 Å². The SMILES string of the molecule is CCC(CNC(=O)NCC1CCCN1C)C(=O)O. The van der Waals surface area contributed by atoms with Gasteiger partial charge in [0.15, 0.2) is 0 Å². The topological polar surface area (TPSA) is 81.7 Å². The molecule has 2 amide bonds. The Labute approximate surface area is 108 Å². The number of amides is 2. The van der Waals surface area contributed by atoms with E-state index in [9.17, 15) is 9.59 Å². The molecule has 0 aromatic carbocycles. The van der Waals surface area contributed by atoms with Gasteiger partial charge in [0.2, 0.25) is 0 Å². The van der Waals surface area contributed by atoms with Crippen LogP contribution >= 0.6 is 0 Å². The second-order valence-electron chi connectivity index (χ2n) is 4.81. The standard InChI is InChI=1S/C12H23N3O3/c1-3-9(11(16)17)7-13-12(18)14-8-10-5-4-6-15(10)2/h9-10H,3-8H2,1-2H3,(H,16,17)(H2,13,14,18). The molecule has 104 valence electrons. The van der Waals surface area contributed by atoms with Crippen molar-refractivity contribution in [2.24, 2.45) is 5.92 Å². The predicted octanol–water partition coefficient (Wildman–Crippen LogP) is 0.491. The highest BCUT2D eigenvalue weighted by Crippen LogP contribution is 2.13. The zero-order valence-electron chi connectivity index (χ0n) is 11.1. The summed E-state index contributed by atoms with van der Waals surface area (Å²) in [5, 5.41) is 14.2. The zero-order chi connectivity index (χ0) is 13.5. The molecule has 0 aromatic heterocycles. The molecular formula is C12H23N3O3. The van der Waals surface area contributed by atoms with Gasteiger partial charge in [-0.15, -0.1) is 0 Å². The number of carbonyl (C=O) groups excluding carboxylic acids is 1. The van der Waals surface area contributed by atoms with E-state index in [1.807, 2.05) is 0 Å². The van der Waals surface area contributed by atoms with E-state index in [1.54, 1.807) is 6.92 Å². The summed E-state index contributed by atoms with van der Waals surface area (Å²) in [6, 6.07) is 0.118. The number of urea groups is 1. The van der Waals surface area contributed by atoms with Crippen molar-refractivity contribution in [3.05, 3.63) is 0 Å². The molecule has 0 aromatic rings. The molecular weight excluding hydrogens is 234 g/mol. The van der Waals surface area contributed by atoms with Gasteiger partial charge in [0.1, 0.15) is 0 Å². The first-order chi connectivity index (χ1) is 8.54. The molecule has 0 radical (unpaired) electrons. The Morgan fingerprint density at radius 1 is 1.44 bits per heavy atom. The van der Waals surface area contributed by atoms with Gasteiger partial charge in [-0.05, 0) is 32.9 Å². The lowest BCUT2D eigenvalue weighted by atomic mass is 10.1. The molecule has 0 aliphatic carbocycles. The van der Waals surface area contributed by atoms with Crippen molar-refractivity contribution in [2.45, 2.75) is 32.2 Å². The molecule has 2 atom stereocenters. The average Bonchev–Trinajstić information content (AvgIpc) is 2.72. The summed E-state index contributed by atoms with van der Waals surface area (Å²) >= 11 is 0. The van der Waals surface area contributed by atoms with E-state index in [2.05, 4.69) is 22.6 Å². The fraction of sp³-hybridized carbons (Fsp3) is 0.833. The predicted molar refractivity (Wildman–Crippen MR) is 68.5 cm³/mol. The summed E-state index contributed by atoms with van der Waals surface area (Å²) in [7, 11) is 2.05. The third kappa shape index (κ3) is 4.52. The first-order valence-electron chi connectivity index (χ1n) is 6.49. The molecule has 1 fully saturated rings. The number of aliphatic carboxylic acids is 1. The maximum absolute atomic E-state index is 11.5. The van der Waals surface area contributed by atoms with Crippen LogP contribution in [0.4, 0.5) is 4.79 Å². The molecule has 0 bridgehead atoms. The van der Waals surface area contributed by atoms with E-state index >= 15 is 0 Å². The van der Waals surface area contributed by atoms with Crippen molar-refractivity contribution in [2.75, 3.05) is 26.7 Å². The van der Waals surface area contributed by atoms with Crippen molar-refractivity contribution in [1.29, 1.82) is 0 Å². The number of nitrogens with one attached hydrogen (secondary N) is 2.